The van der Waals surface area contributed by atoms with Gasteiger partial charge in [0, 0.05) is 44.0 Å². The second-order valence-corrected chi connectivity index (χ2v) is 7.68. The number of piperazine rings is 1. The maximum absolute atomic E-state index is 12.8. The molecule has 0 atom stereocenters. The largest absolute Gasteiger partial charge is 0.496 e. The molecule has 6 nitrogen and oxygen atoms in total. The van der Waals surface area contributed by atoms with E-state index in [4.69, 9.17) is 4.74 Å². The Morgan fingerprint density at radius 2 is 1.76 bits per heavy atom. The van der Waals surface area contributed by atoms with Gasteiger partial charge in [0.25, 0.3) is 5.91 Å². The lowest BCUT2D eigenvalue weighted by atomic mass is 10.1. The molecule has 2 aromatic carbocycles. The quantitative estimate of drug-likeness (QED) is 0.800. The van der Waals surface area contributed by atoms with Gasteiger partial charge in [0.2, 0.25) is 5.91 Å². The van der Waals surface area contributed by atoms with Crippen LogP contribution in [0.4, 0.5) is 5.69 Å². The fourth-order valence-electron chi connectivity index (χ4n) is 4.12. The van der Waals surface area contributed by atoms with Gasteiger partial charge in [0.1, 0.15) is 5.75 Å². The number of carbonyl (C=O) groups excluding carboxylic acids is 2. The number of hydrogen-bond acceptors (Lipinski definition) is 4. The molecule has 0 aliphatic carbocycles. The van der Waals surface area contributed by atoms with Gasteiger partial charge in [0.15, 0.2) is 0 Å². The average molecular weight is 393 g/mol. The highest BCUT2D eigenvalue weighted by Gasteiger charge is 2.28. The summed E-state index contributed by atoms with van der Waals surface area (Å²) in [6.07, 6.45) is 0.921. The smallest absolute Gasteiger partial charge is 0.254 e. The van der Waals surface area contributed by atoms with Crippen LogP contribution >= 0.6 is 0 Å². The van der Waals surface area contributed by atoms with Crippen molar-refractivity contribution in [3.8, 4) is 5.75 Å². The van der Waals surface area contributed by atoms with E-state index >= 15 is 0 Å². The standard InChI is InChI=1S/C23H27N3O3/c1-17-7-8-19(15-21(17)29-2)23(28)25-13-11-24(12-14-25)16-22(27)26-10-9-18-5-3-4-6-20(18)26/h3-8,15H,9-14,16H2,1-2H3. The van der Waals surface area contributed by atoms with Gasteiger partial charge in [-0.05, 0) is 42.7 Å². The highest BCUT2D eigenvalue weighted by molar-refractivity contribution is 5.97. The van der Waals surface area contributed by atoms with Crippen LogP contribution in [0.5, 0.6) is 5.75 Å². The minimum Gasteiger partial charge on any atom is -0.496 e. The summed E-state index contributed by atoms with van der Waals surface area (Å²) in [7, 11) is 1.62. The van der Waals surface area contributed by atoms with Crippen molar-refractivity contribution in [3.05, 3.63) is 59.2 Å². The molecule has 0 bridgehead atoms. The van der Waals surface area contributed by atoms with Crippen molar-refractivity contribution in [2.24, 2.45) is 0 Å². The molecule has 0 N–H and O–H groups in total. The second-order valence-electron chi connectivity index (χ2n) is 7.68. The van der Waals surface area contributed by atoms with Gasteiger partial charge >= 0.3 is 0 Å². The molecule has 1 saturated heterocycles. The Labute approximate surface area is 171 Å². The molecule has 2 aromatic rings. The van der Waals surface area contributed by atoms with Crippen LogP contribution in [-0.2, 0) is 11.2 Å². The summed E-state index contributed by atoms with van der Waals surface area (Å²) >= 11 is 0. The third-order valence-electron chi connectivity index (χ3n) is 5.86. The molecule has 0 saturated carbocycles. The summed E-state index contributed by atoms with van der Waals surface area (Å²) < 4.78 is 5.34. The highest BCUT2D eigenvalue weighted by atomic mass is 16.5. The van der Waals surface area contributed by atoms with Crippen LogP contribution in [-0.4, -0.2) is 68.0 Å². The lowest BCUT2D eigenvalue weighted by Gasteiger charge is -2.35. The molecular formula is C23H27N3O3. The molecule has 0 spiro atoms. The van der Waals surface area contributed by atoms with Crippen LogP contribution in [0.15, 0.2) is 42.5 Å². The molecule has 6 heteroatoms. The van der Waals surface area contributed by atoms with Crippen molar-refractivity contribution in [1.29, 1.82) is 0 Å². The average Bonchev–Trinajstić information content (AvgIpc) is 3.18. The number of anilines is 1. The lowest BCUT2D eigenvalue weighted by Crippen LogP contribution is -2.51. The fraction of sp³-hybridized carbons (Fsp3) is 0.391. The van der Waals surface area contributed by atoms with E-state index in [0.717, 1.165) is 30.0 Å². The van der Waals surface area contributed by atoms with Crippen molar-refractivity contribution in [2.45, 2.75) is 13.3 Å². The molecular weight excluding hydrogens is 366 g/mol. The predicted molar refractivity (Wildman–Crippen MR) is 113 cm³/mol. The minimum atomic E-state index is 0.0164. The van der Waals surface area contributed by atoms with Gasteiger partial charge in [-0.2, -0.15) is 0 Å². The summed E-state index contributed by atoms with van der Waals surface area (Å²) in [5.41, 5.74) is 3.94. The van der Waals surface area contributed by atoms with Crippen LogP contribution in [0.25, 0.3) is 0 Å². The van der Waals surface area contributed by atoms with Gasteiger partial charge < -0.3 is 14.5 Å². The van der Waals surface area contributed by atoms with Crippen molar-refractivity contribution in [3.63, 3.8) is 0 Å². The number of rotatable bonds is 4. The Hall–Kier alpha value is -2.86. The summed E-state index contributed by atoms with van der Waals surface area (Å²) in [6.45, 7) is 5.77. The number of aryl methyl sites for hydroxylation is 1. The van der Waals surface area contributed by atoms with Crippen LogP contribution in [0.3, 0.4) is 0 Å². The summed E-state index contributed by atoms with van der Waals surface area (Å²) in [5, 5.41) is 0. The SMILES string of the molecule is COc1cc(C(=O)N2CCN(CC(=O)N3CCc4ccccc43)CC2)ccc1C. The lowest BCUT2D eigenvalue weighted by molar-refractivity contribution is -0.120. The van der Waals surface area contributed by atoms with Crippen LogP contribution in [0, 0.1) is 6.92 Å². The second kappa shape index (κ2) is 8.25. The third kappa shape index (κ3) is 3.98. The van der Waals surface area contributed by atoms with Gasteiger partial charge in [-0.1, -0.05) is 24.3 Å². The van der Waals surface area contributed by atoms with Crippen LogP contribution in [0.2, 0.25) is 0 Å². The third-order valence-corrected chi connectivity index (χ3v) is 5.86. The normalized spacial score (nSPS) is 16.6. The molecule has 4 rings (SSSR count). The molecule has 1 fully saturated rings. The van der Waals surface area contributed by atoms with Crippen molar-refractivity contribution < 1.29 is 14.3 Å². The Bertz CT molecular complexity index is 919. The molecule has 2 amide bonds. The highest BCUT2D eigenvalue weighted by Crippen LogP contribution is 2.27. The number of amides is 2. The minimum absolute atomic E-state index is 0.0164. The van der Waals surface area contributed by atoms with Gasteiger partial charge in [-0.3, -0.25) is 14.5 Å². The number of methoxy groups -OCH3 is 1. The molecule has 2 aliphatic rings. The van der Waals surface area contributed by atoms with E-state index in [1.807, 2.05) is 47.1 Å². The zero-order valence-electron chi connectivity index (χ0n) is 17.1. The number of nitrogens with zero attached hydrogens (tertiary/aromatic N) is 3. The zero-order chi connectivity index (χ0) is 20.4. The van der Waals surface area contributed by atoms with E-state index in [1.54, 1.807) is 13.2 Å². The first-order valence-electron chi connectivity index (χ1n) is 10.1. The van der Waals surface area contributed by atoms with E-state index in [2.05, 4.69) is 11.0 Å². The van der Waals surface area contributed by atoms with Crippen LogP contribution in [0.1, 0.15) is 21.5 Å². The van der Waals surface area contributed by atoms with Gasteiger partial charge in [-0.25, -0.2) is 0 Å². The monoisotopic (exact) mass is 393 g/mol. The van der Waals surface area contributed by atoms with E-state index in [-0.39, 0.29) is 11.8 Å². The Morgan fingerprint density at radius 3 is 2.52 bits per heavy atom. The van der Waals surface area contributed by atoms with E-state index in [9.17, 15) is 9.59 Å². The van der Waals surface area contributed by atoms with E-state index in [0.29, 0.717) is 38.3 Å². The molecule has 2 aliphatic heterocycles. The number of ether oxygens (including phenoxy) is 1. The maximum Gasteiger partial charge on any atom is 0.254 e. The molecule has 29 heavy (non-hydrogen) atoms. The van der Waals surface area contributed by atoms with Gasteiger partial charge in [0.05, 0.1) is 13.7 Å². The summed E-state index contributed by atoms with van der Waals surface area (Å²) in [4.78, 5) is 31.5. The first-order valence-corrected chi connectivity index (χ1v) is 10.1. The molecule has 152 valence electrons. The molecule has 2 heterocycles. The summed E-state index contributed by atoms with van der Waals surface area (Å²) in [5.74, 6) is 0.881. The van der Waals surface area contributed by atoms with Gasteiger partial charge in [-0.15, -0.1) is 0 Å². The maximum atomic E-state index is 12.8. The van der Waals surface area contributed by atoms with Crippen molar-refractivity contribution in [2.75, 3.05) is 51.3 Å². The van der Waals surface area contributed by atoms with Crippen LogP contribution < -0.4 is 9.64 Å². The van der Waals surface area contributed by atoms with Crippen molar-refractivity contribution in [1.82, 2.24) is 9.80 Å². The van der Waals surface area contributed by atoms with E-state index < -0.39 is 0 Å². The zero-order valence-corrected chi connectivity index (χ0v) is 17.1. The first-order chi connectivity index (χ1) is 14.1. The van der Waals surface area contributed by atoms with E-state index in [1.165, 1.54) is 5.56 Å². The number of benzene rings is 2. The summed E-state index contributed by atoms with van der Waals surface area (Å²) in [6, 6.07) is 13.7. The number of para-hydroxylation sites is 1. The number of fused-ring (bicyclic) bond motifs is 1. The Morgan fingerprint density at radius 1 is 1.00 bits per heavy atom. The Balaban J connectivity index is 1.33. The first kappa shape index (κ1) is 19.5. The number of hydrogen-bond donors (Lipinski definition) is 0. The predicted octanol–water partition coefficient (Wildman–Crippen LogP) is 2.35. The molecule has 0 unspecified atom stereocenters. The number of carbonyl (C=O) groups is 2. The molecule has 0 aromatic heterocycles. The molecule has 0 radical (unpaired) electrons. The Kier molecular flexibility index (Phi) is 5.53. The fourth-order valence-corrected chi connectivity index (χ4v) is 4.12. The topological polar surface area (TPSA) is 53.1 Å². The van der Waals surface area contributed by atoms with Crippen molar-refractivity contribution >= 4 is 17.5 Å².